The average Bonchev–Trinajstić information content (AvgIpc) is 2.63. The molecule has 0 bridgehead atoms. The first-order chi connectivity index (χ1) is 13.0. The molecule has 0 radical (unpaired) electrons. The van der Waals surface area contributed by atoms with Gasteiger partial charge in [-0.1, -0.05) is 0 Å². The maximum absolute atomic E-state index is 11.6. The van der Waals surface area contributed by atoms with Gasteiger partial charge in [-0.25, -0.2) is 14.6 Å². The second-order valence-corrected chi connectivity index (χ2v) is 5.57. The molecular weight excluding hydrogens is 352 g/mol. The van der Waals surface area contributed by atoms with Crippen LogP contribution >= 0.6 is 0 Å². The Morgan fingerprint density at radius 1 is 1.19 bits per heavy atom. The molecule has 2 aromatic heterocycles. The molecule has 0 aliphatic heterocycles. The summed E-state index contributed by atoms with van der Waals surface area (Å²) in [5, 5.41) is 3.18. The molecule has 2 heterocycles. The number of benzene rings is 1. The number of fused-ring (bicyclic) bond motifs is 1. The number of amides is 1. The van der Waals surface area contributed by atoms with Gasteiger partial charge in [0.15, 0.2) is 0 Å². The van der Waals surface area contributed by atoms with E-state index in [9.17, 15) is 14.4 Å². The highest BCUT2D eigenvalue weighted by Gasteiger charge is 2.15. The molecule has 1 amide bonds. The molecule has 0 saturated carbocycles. The molecule has 0 aliphatic carbocycles. The fourth-order valence-corrected chi connectivity index (χ4v) is 2.38. The van der Waals surface area contributed by atoms with Crippen LogP contribution in [0.5, 0.6) is 11.6 Å². The summed E-state index contributed by atoms with van der Waals surface area (Å²) < 4.78 is 15.4. The van der Waals surface area contributed by atoms with Crippen LogP contribution in [0.15, 0.2) is 51.8 Å². The summed E-state index contributed by atoms with van der Waals surface area (Å²) in [6.07, 6.45) is 1.35. The van der Waals surface area contributed by atoms with Gasteiger partial charge in [0.2, 0.25) is 5.88 Å². The molecule has 0 unspecified atom stereocenters. The largest absolute Gasteiger partial charge is 0.459 e. The Morgan fingerprint density at radius 2 is 2.00 bits per heavy atom. The number of esters is 1. The molecule has 138 valence electrons. The van der Waals surface area contributed by atoms with Crippen molar-refractivity contribution in [3.8, 4) is 11.6 Å². The Labute approximate surface area is 153 Å². The number of nitrogens with one attached hydrogen (secondary N) is 1. The highest BCUT2D eigenvalue weighted by atomic mass is 16.5. The van der Waals surface area contributed by atoms with E-state index in [0.717, 1.165) is 10.9 Å². The van der Waals surface area contributed by atoms with Crippen LogP contribution in [0.25, 0.3) is 11.0 Å². The van der Waals surface area contributed by atoms with Gasteiger partial charge in [-0.2, -0.15) is 0 Å². The van der Waals surface area contributed by atoms with Gasteiger partial charge in [-0.15, -0.1) is 0 Å². The quantitative estimate of drug-likeness (QED) is 0.428. The summed E-state index contributed by atoms with van der Waals surface area (Å²) in [5.41, 5.74) is 1.11. The number of anilines is 1. The van der Waals surface area contributed by atoms with Crippen LogP contribution in [0, 0.1) is 6.92 Å². The van der Waals surface area contributed by atoms with E-state index < -0.39 is 17.5 Å². The molecule has 0 atom stereocenters. The predicted molar refractivity (Wildman–Crippen MR) is 96.8 cm³/mol. The molecule has 1 aromatic carbocycles. The normalized spacial score (nSPS) is 10.4. The summed E-state index contributed by atoms with van der Waals surface area (Å²) in [5.74, 6) is -1.15. The van der Waals surface area contributed by atoms with Crippen LogP contribution < -0.4 is 15.7 Å². The van der Waals surface area contributed by atoms with Gasteiger partial charge in [-0.05, 0) is 37.6 Å². The summed E-state index contributed by atoms with van der Waals surface area (Å²) >= 11 is 0. The predicted octanol–water partition coefficient (Wildman–Crippen LogP) is 2.79. The highest BCUT2D eigenvalue weighted by molar-refractivity contribution is 6.37. The minimum atomic E-state index is -0.967. The third-order valence-electron chi connectivity index (χ3n) is 3.60. The lowest BCUT2D eigenvalue weighted by Crippen LogP contribution is -2.24. The Morgan fingerprint density at radius 3 is 2.70 bits per heavy atom. The van der Waals surface area contributed by atoms with Crippen molar-refractivity contribution in [2.45, 2.75) is 13.8 Å². The topological polar surface area (TPSA) is 108 Å². The summed E-state index contributed by atoms with van der Waals surface area (Å²) in [7, 11) is 0. The number of rotatable bonds is 4. The lowest BCUT2D eigenvalue weighted by Gasteiger charge is -2.08. The van der Waals surface area contributed by atoms with Crippen LogP contribution in [-0.2, 0) is 14.3 Å². The van der Waals surface area contributed by atoms with E-state index >= 15 is 0 Å². The maximum Gasteiger partial charge on any atom is 0.397 e. The fourth-order valence-electron chi connectivity index (χ4n) is 2.38. The standard InChI is InChI=1S/C19H16N2O6/c1-3-25-19(24)18(23)21-12-4-7-16(20-10-12)26-13-5-6-14-11(2)8-17(22)27-15(14)9-13/h4-10H,3H2,1-2H3,(H,21,23). The van der Waals surface area contributed by atoms with Crippen molar-refractivity contribution < 1.29 is 23.5 Å². The van der Waals surface area contributed by atoms with E-state index in [1.54, 1.807) is 25.1 Å². The minimum absolute atomic E-state index is 0.114. The van der Waals surface area contributed by atoms with Crippen LogP contribution in [0.3, 0.4) is 0 Å². The third kappa shape index (κ3) is 4.30. The van der Waals surface area contributed by atoms with Crippen LogP contribution in [0.4, 0.5) is 5.69 Å². The molecular formula is C19H16N2O6. The van der Waals surface area contributed by atoms with E-state index in [4.69, 9.17) is 9.15 Å². The summed E-state index contributed by atoms with van der Waals surface area (Å²) in [6.45, 7) is 3.55. The smallest absolute Gasteiger partial charge is 0.397 e. The van der Waals surface area contributed by atoms with Crippen LogP contribution in [-0.4, -0.2) is 23.5 Å². The van der Waals surface area contributed by atoms with Gasteiger partial charge in [0, 0.05) is 23.6 Å². The lowest BCUT2D eigenvalue weighted by atomic mass is 10.1. The number of carbonyl (C=O) groups is 2. The Bertz CT molecular complexity index is 1060. The number of aromatic nitrogens is 1. The zero-order chi connectivity index (χ0) is 19.4. The van der Waals surface area contributed by atoms with Gasteiger partial charge in [-0.3, -0.25) is 4.79 Å². The molecule has 8 heteroatoms. The van der Waals surface area contributed by atoms with Crippen molar-refractivity contribution in [2.75, 3.05) is 11.9 Å². The SMILES string of the molecule is CCOC(=O)C(=O)Nc1ccc(Oc2ccc3c(C)cc(=O)oc3c2)nc1. The second kappa shape index (κ2) is 7.69. The number of nitrogens with zero attached hydrogens (tertiary/aromatic N) is 1. The van der Waals surface area contributed by atoms with Gasteiger partial charge in [0.25, 0.3) is 0 Å². The first kappa shape index (κ1) is 18.1. The van der Waals surface area contributed by atoms with Gasteiger partial charge < -0.3 is 19.2 Å². The lowest BCUT2D eigenvalue weighted by molar-refractivity contribution is -0.152. The van der Waals surface area contributed by atoms with E-state index in [-0.39, 0.29) is 12.5 Å². The molecule has 0 aliphatic rings. The Balaban J connectivity index is 1.73. The van der Waals surface area contributed by atoms with Crippen molar-refractivity contribution in [1.82, 2.24) is 4.98 Å². The zero-order valence-corrected chi connectivity index (χ0v) is 14.6. The molecule has 3 rings (SSSR count). The van der Waals surface area contributed by atoms with Crippen molar-refractivity contribution in [3.05, 3.63) is 58.6 Å². The number of pyridine rings is 1. The van der Waals surface area contributed by atoms with Crippen LogP contribution in [0.2, 0.25) is 0 Å². The zero-order valence-electron chi connectivity index (χ0n) is 14.6. The first-order valence-electron chi connectivity index (χ1n) is 8.13. The van der Waals surface area contributed by atoms with E-state index in [1.165, 1.54) is 24.4 Å². The number of carbonyl (C=O) groups excluding carboxylic acids is 2. The summed E-state index contributed by atoms with van der Waals surface area (Å²) in [6, 6.07) is 9.60. The van der Waals surface area contributed by atoms with E-state index in [2.05, 4.69) is 15.0 Å². The van der Waals surface area contributed by atoms with Crippen molar-refractivity contribution in [3.63, 3.8) is 0 Å². The molecule has 0 saturated heterocycles. The Kier molecular flexibility index (Phi) is 5.16. The highest BCUT2D eigenvalue weighted by Crippen LogP contribution is 2.26. The minimum Gasteiger partial charge on any atom is -0.459 e. The molecule has 3 aromatic rings. The second-order valence-electron chi connectivity index (χ2n) is 5.57. The van der Waals surface area contributed by atoms with Crippen molar-refractivity contribution >= 4 is 28.5 Å². The fraction of sp³-hybridized carbons (Fsp3) is 0.158. The molecule has 0 fully saturated rings. The van der Waals surface area contributed by atoms with E-state index in [1.807, 2.05) is 6.92 Å². The van der Waals surface area contributed by atoms with Gasteiger partial charge in [0.05, 0.1) is 18.5 Å². The van der Waals surface area contributed by atoms with Gasteiger partial charge >= 0.3 is 17.5 Å². The number of hydrogen-bond donors (Lipinski definition) is 1. The number of ether oxygens (including phenoxy) is 2. The average molecular weight is 368 g/mol. The van der Waals surface area contributed by atoms with E-state index in [0.29, 0.717) is 17.0 Å². The molecule has 27 heavy (non-hydrogen) atoms. The molecule has 0 spiro atoms. The third-order valence-corrected chi connectivity index (χ3v) is 3.60. The maximum atomic E-state index is 11.6. The van der Waals surface area contributed by atoms with Crippen molar-refractivity contribution in [2.24, 2.45) is 0 Å². The van der Waals surface area contributed by atoms with Crippen LogP contribution in [0.1, 0.15) is 12.5 Å². The van der Waals surface area contributed by atoms with Crippen molar-refractivity contribution in [1.29, 1.82) is 0 Å². The first-order valence-corrected chi connectivity index (χ1v) is 8.13. The monoisotopic (exact) mass is 368 g/mol. The molecule has 1 N–H and O–H groups in total. The Hall–Kier alpha value is -3.68. The number of aryl methyl sites for hydroxylation is 1. The molecule has 8 nitrogen and oxygen atoms in total. The number of hydrogen-bond acceptors (Lipinski definition) is 7. The van der Waals surface area contributed by atoms with Gasteiger partial charge in [0.1, 0.15) is 11.3 Å². The summed E-state index contributed by atoms with van der Waals surface area (Å²) in [4.78, 5) is 38.4.